The summed E-state index contributed by atoms with van der Waals surface area (Å²) in [5, 5.41) is 0. The number of fused-ring (bicyclic) bond motifs is 1. The molecule has 1 aliphatic rings. The predicted molar refractivity (Wildman–Crippen MR) is 104 cm³/mol. The first-order valence-corrected chi connectivity index (χ1v) is 9.82. The second-order valence-corrected chi connectivity index (χ2v) is 7.31. The SMILES string of the molecule is Cc1ccc(S(=O)(=O)O)cc1.O=C1CCc2ccccc21.c1ccncc1. The van der Waals surface area contributed by atoms with Crippen LogP contribution in [0.2, 0.25) is 0 Å². The van der Waals surface area contributed by atoms with Crippen LogP contribution in [0.4, 0.5) is 0 Å². The number of carbonyl (C=O) groups is 1. The zero-order chi connectivity index (χ0) is 19.7. The quantitative estimate of drug-likeness (QED) is 0.639. The van der Waals surface area contributed by atoms with Crippen molar-refractivity contribution in [2.75, 3.05) is 0 Å². The highest BCUT2D eigenvalue weighted by atomic mass is 32.2. The lowest BCUT2D eigenvalue weighted by molar-refractivity contribution is 0.0994. The Balaban J connectivity index is 0.000000151. The van der Waals surface area contributed by atoms with E-state index >= 15 is 0 Å². The zero-order valence-corrected chi connectivity index (χ0v) is 15.8. The topological polar surface area (TPSA) is 84.3 Å². The summed E-state index contributed by atoms with van der Waals surface area (Å²) < 4.78 is 29.6. The Bertz CT molecular complexity index is 942. The van der Waals surface area contributed by atoms with Gasteiger partial charge in [0.05, 0.1) is 4.90 Å². The third-order valence-electron chi connectivity index (χ3n) is 3.82. The van der Waals surface area contributed by atoms with Gasteiger partial charge in [0.25, 0.3) is 10.1 Å². The van der Waals surface area contributed by atoms with E-state index in [1.165, 1.54) is 17.7 Å². The van der Waals surface area contributed by atoms with Gasteiger partial charge in [-0.1, -0.05) is 48.0 Å². The van der Waals surface area contributed by atoms with Crippen LogP contribution in [0.5, 0.6) is 0 Å². The lowest BCUT2D eigenvalue weighted by atomic mass is 10.1. The van der Waals surface area contributed by atoms with Gasteiger partial charge in [-0.3, -0.25) is 14.3 Å². The molecule has 0 aliphatic heterocycles. The van der Waals surface area contributed by atoms with Gasteiger partial charge < -0.3 is 0 Å². The molecule has 0 bridgehead atoms. The molecule has 3 aromatic rings. The minimum Gasteiger partial charge on any atom is -0.294 e. The van der Waals surface area contributed by atoms with Crippen molar-refractivity contribution in [1.82, 2.24) is 4.98 Å². The van der Waals surface area contributed by atoms with Crippen LogP contribution in [0.15, 0.2) is 84.0 Å². The normalized spacial score (nSPS) is 12.1. The second-order valence-electron chi connectivity index (χ2n) is 5.89. The van der Waals surface area contributed by atoms with E-state index in [-0.39, 0.29) is 4.90 Å². The van der Waals surface area contributed by atoms with E-state index in [1.807, 2.05) is 49.4 Å². The van der Waals surface area contributed by atoms with Crippen molar-refractivity contribution in [3.8, 4) is 0 Å². The molecule has 1 aromatic heterocycles. The molecule has 4 rings (SSSR count). The highest BCUT2D eigenvalue weighted by Crippen LogP contribution is 2.20. The number of benzene rings is 2. The Morgan fingerprint density at radius 3 is 1.96 bits per heavy atom. The van der Waals surface area contributed by atoms with Crippen LogP contribution in [0.25, 0.3) is 0 Å². The minimum atomic E-state index is -4.02. The third kappa shape index (κ3) is 6.77. The Kier molecular flexibility index (Phi) is 7.40. The molecule has 1 N–H and O–H groups in total. The molecule has 0 saturated carbocycles. The summed E-state index contributed by atoms with van der Waals surface area (Å²) in [6, 6.07) is 19.5. The molecule has 0 radical (unpaired) electrons. The summed E-state index contributed by atoms with van der Waals surface area (Å²) in [6.07, 6.45) is 5.15. The smallest absolute Gasteiger partial charge is 0.294 e. The van der Waals surface area contributed by atoms with Crippen LogP contribution >= 0.6 is 0 Å². The molecule has 0 amide bonds. The Labute approximate surface area is 159 Å². The van der Waals surface area contributed by atoms with Crippen molar-refractivity contribution in [2.24, 2.45) is 0 Å². The van der Waals surface area contributed by atoms with Crippen molar-refractivity contribution in [1.29, 1.82) is 0 Å². The van der Waals surface area contributed by atoms with Gasteiger partial charge in [0.15, 0.2) is 5.78 Å². The molecule has 0 fully saturated rings. The maximum absolute atomic E-state index is 11.1. The summed E-state index contributed by atoms with van der Waals surface area (Å²) in [5.74, 6) is 0.301. The predicted octanol–water partition coefficient (Wildman–Crippen LogP) is 4.14. The van der Waals surface area contributed by atoms with Crippen molar-refractivity contribution in [3.63, 3.8) is 0 Å². The first kappa shape index (κ1) is 20.5. The number of nitrogens with zero attached hydrogens (tertiary/aromatic N) is 1. The molecular formula is C21H21NO4S. The van der Waals surface area contributed by atoms with E-state index in [0.29, 0.717) is 12.2 Å². The molecule has 140 valence electrons. The summed E-state index contributed by atoms with van der Waals surface area (Å²) in [4.78, 5) is 14.8. The fourth-order valence-corrected chi connectivity index (χ4v) is 2.90. The van der Waals surface area contributed by atoms with Crippen molar-refractivity contribution in [2.45, 2.75) is 24.7 Å². The number of carbonyl (C=O) groups excluding carboxylic acids is 1. The molecule has 0 spiro atoms. The van der Waals surface area contributed by atoms with Gasteiger partial charge in [-0.05, 0) is 43.2 Å². The van der Waals surface area contributed by atoms with E-state index in [1.54, 1.807) is 24.5 Å². The molecule has 0 atom stereocenters. The average molecular weight is 383 g/mol. The molecule has 1 heterocycles. The van der Waals surface area contributed by atoms with Gasteiger partial charge in [0, 0.05) is 24.4 Å². The van der Waals surface area contributed by atoms with Gasteiger partial charge >= 0.3 is 0 Å². The van der Waals surface area contributed by atoms with E-state index in [0.717, 1.165) is 17.5 Å². The molecule has 6 heteroatoms. The van der Waals surface area contributed by atoms with Crippen LogP contribution in [-0.2, 0) is 16.5 Å². The summed E-state index contributed by atoms with van der Waals surface area (Å²) in [6.45, 7) is 1.84. The Morgan fingerprint density at radius 1 is 0.852 bits per heavy atom. The molecule has 5 nitrogen and oxygen atoms in total. The molecule has 2 aromatic carbocycles. The van der Waals surface area contributed by atoms with E-state index < -0.39 is 10.1 Å². The van der Waals surface area contributed by atoms with Gasteiger partial charge in [0.1, 0.15) is 0 Å². The van der Waals surface area contributed by atoms with Gasteiger partial charge in [-0.2, -0.15) is 8.42 Å². The second kappa shape index (κ2) is 9.75. The maximum atomic E-state index is 11.1. The number of aryl methyl sites for hydroxylation is 2. The molecular weight excluding hydrogens is 362 g/mol. The third-order valence-corrected chi connectivity index (χ3v) is 4.69. The number of Topliss-reactive ketones (excluding diaryl/α,β-unsaturated/α-hetero) is 1. The fraction of sp³-hybridized carbons (Fsp3) is 0.143. The van der Waals surface area contributed by atoms with Gasteiger partial charge in [-0.25, -0.2) is 0 Å². The molecule has 0 saturated heterocycles. The van der Waals surface area contributed by atoms with Crippen molar-refractivity contribution in [3.05, 3.63) is 95.8 Å². The first-order chi connectivity index (χ1) is 12.9. The van der Waals surface area contributed by atoms with Crippen LogP contribution < -0.4 is 0 Å². The standard InChI is InChI=1S/C9H8O.C7H8O3S.C5H5N/c10-9-6-5-7-3-1-2-4-8(7)9;1-6-2-4-7(5-3-6)11(8,9)10;1-2-4-6-5-3-1/h1-4H,5-6H2;2-5H,1H3,(H,8,9,10);1-5H. The van der Waals surface area contributed by atoms with Crippen molar-refractivity contribution < 1.29 is 17.8 Å². The average Bonchev–Trinajstić information content (AvgIpc) is 3.05. The van der Waals surface area contributed by atoms with Crippen LogP contribution in [0.1, 0.15) is 27.9 Å². The van der Waals surface area contributed by atoms with Crippen LogP contribution in [-0.4, -0.2) is 23.7 Å². The molecule has 27 heavy (non-hydrogen) atoms. The summed E-state index contributed by atoms with van der Waals surface area (Å²) in [5.41, 5.74) is 3.10. The monoisotopic (exact) mass is 383 g/mol. The zero-order valence-electron chi connectivity index (χ0n) is 14.9. The van der Waals surface area contributed by atoms with Crippen LogP contribution in [0, 0.1) is 6.92 Å². The highest BCUT2D eigenvalue weighted by molar-refractivity contribution is 7.85. The number of rotatable bonds is 1. The summed E-state index contributed by atoms with van der Waals surface area (Å²) in [7, 11) is -4.02. The Hall–Kier alpha value is -2.83. The van der Waals surface area contributed by atoms with Gasteiger partial charge in [-0.15, -0.1) is 0 Å². The molecule has 1 aliphatic carbocycles. The van der Waals surface area contributed by atoms with Crippen LogP contribution in [0.3, 0.4) is 0 Å². The maximum Gasteiger partial charge on any atom is 0.294 e. The number of ketones is 1. The number of pyridine rings is 1. The first-order valence-electron chi connectivity index (χ1n) is 8.38. The molecule has 0 unspecified atom stereocenters. The lowest BCUT2D eigenvalue weighted by Crippen LogP contribution is -1.96. The number of aromatic nitrogens is 1. The lowest BCUT2D eigenvalue weighted by Gasteiger charge is -1.95. The minimum absolute atomic E-state index is 0.0666. The highest BCUT2D eigenvalue weighted by Gasteiger charge is 2.17. The number of hydrogen-bond acceptors (Lipinski definition) is 4. The summed E-state index contributed by atoms with van der Waals surface area (Å²) >= 11 is 0. The van der Waals surface area contributed by atoms with E-state index in [4.69, 9.17) is 4.55 Å². The van der Waals surface area contributed by atoms with E-state index in [9.17, 15) is 13.2 Å². The van der Waals surface area contributed by atoms with Gasteiger partial charge in [0.2, 0.25) is 0 Å². The van der Waals surface area contributed by atoms with Crippen molar-refractivity contribution >= 4 is 15.9 Å². The fourth-order valence-electron chi connectivity index (χ4n) is 2.42. The largest absolute Gasteiger partial charge is 0.294 e. The van der Waals surface area contributed by atoms with E-state index in [2.05, 4.69) is 4.98 Å². The Morgan fingerprint density at radius 2 is 1.48 bits per heavy atom. The number of hydrogen-bond donors (Lipinski definition) is 1.